The maximum Gasteiger partial charge on any atom is 0.408 e. The van der Waals surface area contributed by atoms with Crippen LogP contribution >= 0.6 is 0 Å². The van der Waals surface area contributed by atoms with Crippen LogP contribution in [0.15, 0.2) is 48.5 Å². The Kier molecular flexibility index (Phi) is 10.1. The molecule has 0 aliphatic carbocycles. The third-order valence-electron chi connectivity index (χ3n) is 5.87. The van der Waals surface area contributed by atoms with E-state index < -0.39 is 42.1 Å². The zero-order valence-electron chi connectivity index (χ0n) is 22.2. The lowest BCUT2D eigenvalue weighted by molar-refractivity contribution is -0.141. The molecule has 198 valence electrons. The summed E-state index contributed by atoms with van der Waals surface area (Å²) in [5, 5.41) is 25.7. The van der Waals surface area contributed by atoms with Crippen LogP contribution in [-0.4, -0.2) is 46.1 Å². The minimum Gasteiger partial charge on any atom is -0.508 e. The minimum absolute atomic E-state index is 0.150. The van der Waals surface area contributed by atoms with E-state index in [-0.39, 0.29) is 17.2 Å². The molecule has 9 heteroatoms. The summed E-state index contributed by atoms with van der Waals surface area (Å²) in [4.78, 5) is 41.3. The van der Waals surface area contributed by atoms with Crippen molar-refractivity contribution >= 4 is 23.6 Å². The van der Waals surface area contributed by atoms with Gasteiger partial charge in [-0.3, -0.25) is 9.59 Å². The molecule has 0 fully saturated rings. The van der Waals surface area contributed by atoms with Crippen LogP contribution in [0.2, 0.25) is 0 Å². The number of rotatable bonds is 9. The Bertz CT molecular complexity index is 1150. The first kappa shape index (κ1) is 29.2. The Labute approximate surface area is 218 Å². The fourth-order valence-electron chi connectivity index (χ4n) is 3.75. The molecule has 0 aliphatic rings. The van der Waals surface area contributed by atoms with Gasteiger partial charge >= 0.3 is 6.09 Å². The number of phenols is 1. The van der Waals surface area contributed by atoms with Gasteiger partial charge in [0.1, 0.15) is 30.0 Å². The van der Waals surface area contributed by atoms with Crippen LogP contribution in [0.25, 0.3) is 0 Å². The van der Waals surface area contributed by atoms with Crippen molar-refractivity contribution in [3.05, 3.63) is 59.7 Å². The summed E-state index contributed by atoms with van der Waals surface area (Å²) < 4.78 is 5.35. The molecule has 0 aliphatic heterocycles. The van der Waals surface area contributed by atoms with Crippen molar-refractivity contribution in [3.8, 4) is 11.8 Å². The molecule has 0 heterocycles. The number of nitriles is 1. The monoisotopic (exact) mass is 508 g/mol. The van der Waals surface area contributed by atoms with Gasteiger partial charge in [-0.15, -0.1) is 0 Å². The highest BCUT2D eigenvalue weighted by Gasteiger charge is 2.39. The largest absolute Gasteiger partial charge is 0.508 e. The van der Waals surface area contributed by atoms with Gasteiger partial charge in [-0.1, -0.05) is 56.7 Å². The summed E-state index contributed by atoms with van der Waals surface area (Å²) in [6, 6.07) is 12.8. The molecular formula is C28H36N4O5. The maximum atomic E-state index is 13.9. The maximum absolute atomic E-state index is 13.9. The molecule has 37 heavy (non-hydrogen) atoms. The molecular weight excluding hydrogens is 472 g/mol. The predicted molar refractivity (Wildman–Crippen MR) is 141 cm³/mol. The number of hydrogen-bond acceptors (Lipinski definition) is 6. The van der Waals surface area contributed by atoms with Crippen molar-refractivity contribution in [2.45, 2.75) is 65.6 Å². The highest BCUT2D eigenvalue weighted by Crippen LogP contribution is 2.31. The molecule has 3 atom stereocenters. The number of aromatic hydroxyl groups is 1. The Balaban J connectivity index is 2.55. The van der Waals surface area contributed by atoms with Gasteiger partial charge in [0.2, 0.25) is 5.91 Å². The smallest absolute Gasteiger partial charge is 0.408 e. The summed E-state index contributed by atoms with van der Waals surface area (Å²) >= 11 is 0. The number of amides is 3. The lowest BCUT2D eigenvalue weighted by atomic mass is 9.95. The fraction of sp³-hybridized carbons (Fsp3) is 0.429. The predicted octanol–water partition coefficient (Wildman–Crippen LogP) is 4.67. The van der Waals surface area contributed by atoms with Crippen molar-refractivity contribution < 1.29 is 24.2 Å². The first-order chi connectivity index (χ1) is 17.4. The van der Waals surface area contributed by atoms with Crippen molar-refractivity contribution in [3.63, 3.8) is 0 Å². The second kappa shape index (κ2) is 12.8. The molecule has 2 aromatic rings. The first-order valence-corrected chi connectivity index (χ1v) is 12.2. The number of para-hydroxylation sites is 2. The number of anilines is 1. The molecule has 0 radical (unpaired) electrons. The minimum atomic E-state index is -1.35. The van der Waals surface area contributed by atoms with E-state index in [9.17, 15) is 24.8 Å². The van der Waals surface area contributed by atoms with Crippen molar-refractivity contribution in [2.24, 2.45) is 5.92 Å². The number of ether oxygens (including phenoxy) is 1. The van der Waals surface area contributed by atoms with E-state index >= 15 is 0 Å². The Morgan fingerprint density at radius 3 is 2.30 bits per heavy atom. The van der Waals surface area contributed by atoms with Crippen molar-refractivity contribution in [1.29, 1.82) is 5.26 Å². The Hall–Kier alpha value is -4.06. The lowest BCUT2D eigenvalue weighted by Gasteiger charge is -2.34. The Morgan fingerprint density at radius 2 is 1.73 bits per heavy atom. The molecule has 3 amide bonds. The Morgan fingerprint density at radius 1 is 1.11 bits per heavy atom. The summed E-state index contributed by atoms with van der Waals surface area (Å²) in [6.45, 7) is 10.1. The number of nitrogens with one attached hydrogen (secondary N) is 2. The quantitative estimate of drug-likeness (QED) is 0.422. The lowest BCUT2D eigenvalue weighted by Crippen LogP contribution is -2.54. The van der Waals surface area contributed by atoms with E-state index in [1.807, 2.05) is 32.0 Å². The number of aryl methyl sites for hydroxylation is 1. The van der Waals surface area contributed by atoms with Gasteiger partial charge in [-0.25, -0.2) is 4.79 Å². The normalized spacial score (nSPS) is 13.4. The molecule has 3 unspecified atom stereocenters. The van der Waals surface area contributed by atoms with Gasteiger partial charge in [-0.2, -0.15) is 5.26 Å². The van der Waals surface area contributed by atoms with Gasteiger partial charge < -0.3 is 25.4 Å². The number of nitrogens with zero attached hydrogens (tertiary/aromatic N) is 2. The number of phenolic OH excluding ortho intramolecular Hbond substituents is 1. The number of carbonyl (C=O) groups is 3. The van der Waals surface area contributed by atoms with Gasteiger partial charge in [-0.05, 0) is 51.3 Å². The van der Waals surface area contributed by atoms with Gasteiger partial charge in [0, 0.05) is 11.3 Å². The number of carbonyl (C=O) groups excluding carboxylic acids is 3. The third kappa shape index (κ3) is 7.97. The fourth-order valence-corrected chi connectivity index (χ4v) is 3.75. The third-order valence-corrected chi connectivity index (χ3v) is 5.87. The second-order valence-corrected chi connectivity index (χ2v) is 9.90. The molecule has 0 bridgehead atoms. The summed E-state index contributed by atoms with van der Waals surface area (Å²) in [5.41, 5.74) is 0.694. The number of benzene rings is 2. The zero-order valence-corrected chi connectivity index (χ0v) is 22.2. The van der Waals surface area contributed by atoms with E-state index in [1.54, 1.807) is 52.0 Å². The van der Waals surface area contributed by atoms with Gasteiger partial charge in [0.05, 0.1) is 6.07 Å². The van der Waals surface area contributed by atoms with E-state index in [0.29, 0.717) is 12.1 Å². The van der Waals surface area contributed by atoms with Crippen LogP contribution < -0.4 is 10.6 Å². The van der Waals surface area contributed by atoms with Crippen LogP contribution in [0.3, 0.4) is 0 Å². The summed E-state index contributed by atoms with van der Waals surface area (Å²) in [5.74, 6) is -1.80. The molecule has 0 saturated heterocycles. The number of alkyl carbamates (subject to hydrolysis) is 1. The number of hydrogen-bond donors (Lipinski definition) is 3. The molecule has 0 saturated carbocycles. The average Bonchev–Trinajstić information content (AvgIpc) is 2.82. The molecule has 2 rings (SSSR count). The van der Waals surface area contributed by atoms with Crippen LogP contribution in [0.1, 0.15) is 58.2 Å². The molecule has 0 aromatic heterocycles. The second-order valence-electron chi connectivity index (χ2n) is 9.90. The zero-order chi connectivity index (χ0) is 27.8. The SMILES string of the molecule is CCC(C)C(NC(=O)OC(C)(C)C)C(=O)N(CC#N)C(C(=O)Nc1ccccc1C)c1ccccc1O. The summed E-state index contributed by atoms with van der Waals surface area (Å²) in [6.07, 6.45) is -0.255. The van der Waals surface area contributed by atoms with E-state index in [2.05, 4.69) is 10.6 Å². The van der Waals surface area contributed by atoms with E-state index in [4.69, 9.17) is 4.74 Å². The van der Waals surface area contributed by atoms with Crippen LogP contribution in [0, 0.1) is 24.2 Å². The summed E-state index contributed by atoms with van der Waals surface area (Å²) in [7, 11) is 0. The van der Waals surface area contributed by atoms with E-state index in [0.717, 1.165) is 10.5 Å². The molecule has 9 nitrogen and oxygen atoms in total. The van der Waals surface area contributed by atoms with Crippen LogP contribution in [-0.2, 0) is 14.3 Å². The van der Waals surface area contributed by atoms with Crippen molar-refractivity contribution in [2.75, 3.05) is 11.9 Å². The van der Waals surface area contributed by atoms with Crippen LogP contribution in [0.4, 0.5) is 10.5 Å². The van der Waals surface area contributed by atoms with Crippen LogP contribution in [0.5, 0.6) is 5.75 Å². The van der Waals surface area contributed by atoms with Gasteiger partial charge in [0.15, 0.2) is 0 Å². The molecule has 0 spiro atoms. The molecule has 3 N–H and O–H groups in total. The molecule has 2 aromatic carbocycles. The standard InChI is InChI=1S/C28H36N4O5/c1-7-18(2)23(31-27(36)37-28(4,5)6)26(35)32(17-16-29)24(20-13-9-11-15-22(20)33)25(34)30-21-14-10-8-12-19(21)3/h8-15,18,23-24,33H,7,17H2,1-6H3,(H,30,34)(H,31,36). The first-order valence-electron chi connectivity index (χ1n) is 12.2. The highest BCUT2D eigenvalue weighted by atomic mass is 16.6. The topological polar surface area (TPSA) is 132 Å². The van der Waals surface area contributed by atoms with Gasteiger partial charge in [0.25, 0.3) is 5.91 Å². The van der Waals surface area contributed by atoms with Crippen molar-refractivity contribution in [1.82, 2.24) is 10.2 Å². The highest BCUT2D eigenvalue weighted by molar-refractivity contribution is 5.99. The van der Waals surface area contributed by atoms with E-state index in [1.165, 1.54) is 12.1 Å². The average molecular weight is 509 g/mol.